The lowest BCUT2D eigenvalue weighted by Gasteiger charge is -2.25. The van der Waals surface area contributed by atoms with Gasteiger partial charge in [-0.3, -0.25) is 15.1 Å². The van der Waals surface area contributed by atoms with Crippen molar-refractivity contribution < 1.29 is 14.4 Å². The zero-order valence-electron chi connectivity index (χ0n) is 22.9. The lowest BCUT2D eigenvalue weighted by atomic mass is 9.97. The predicted molar refractivity (Wildman–Crippen MR) is 164 cm³/mol. The Labute approximate surface area is 244 Å². The maximum absolute atomic E-state index is 11.2. The number of hydrazone groups is 1. The van der Waals surface area contributed by atoms with Crippen molar-refractivity contribution in [2.75, 3.05) is 5.01 Å². The molecule has 1 unspecified atom stereocenters. The maximum atomic E-state index is 11.2. The van der Waals surface area contributed by atoms with Gasteiger partial charge in [0, 0.05) is 18.6 Å². The van der Waals surface area contributed by atoms with E-state index in [0.29, 0.717) is 31.1 Å². The van der Waals surface area contributed by atoms with Gasteiger partial charge < -0.3 is 9.47 Å². The van der Waals surface area contributed by atoms with Crippen LogP contribution in [0.5, 0.6) is 11.5 Å². The van der Waals surface area contributed by atoms with E-state index < -0.39 is 4.92 Å². The monoisotopic (exact) mass is 555 g/mol. The van der Waals surface area contributed by atoms with Gasteiger partial charge in [0.15, 0.2) is 11.5 Å². The average molecular weight is 556 g/mol. The Morgan fingerprint density at radius 2 is 1.29 bits per heavy atom. The van der Waals surface area contributed by atoms with Gasteiger partial charge in [-0.2, -0.15) is 5.10 Å². The molecule has 1 aliphatic heterocycles. The Bertz CT molecular complexity index is 1670. The number of rotatable bonds is 10. The van der Waals surface area contributed by atoms with Crippen LogP contribution in [0.4, 0.5) is 11.4 Å². The highest BCUT2D eigenvalue weighted by Crippen LogP contribution is 2.40. The standard InChI is InChI=1S/C35H29N3O4/c39-38(40)31-19-16-28(17-20-31)32-23-33(37(36-32)30-14-8-3-9-15-30)29-18-21-34(41-24-26-10-4-1-5-11-26)35(22-29)42-25-27-12-6-2-7-13-27/h1-22,33H,23-25H2. The summed E-state index contributed by atoms with van der Waals surface area (Å²) in [6.07, 6.45) is 0.620. The van der Waals surface area contributed by atoms with E-state index in [-0.39, 0.29) is 11.7 Å². The second kappa shape index (κ2) is 12.4. The summed E-state index contributed by atoms with van der Waals surface area (Å²) >= 11 is 0. The minimum absolute atomic E-state index is 0.0557. The van der Waals surface area contributed by atoms with E-state index in [1.54, 1.807) is 12.1 Å². The van der Waals surface area contributed by atoms with E-state index in [2.05, 4.69) is 6.07 Å². The van der Waals surface area contributed by atoms with Gasteiger partial charge in [0.05, 0.1) is 22.4 Å². The Balaban J connectivity index is 1.32. The molecule has 0 aliphatic carbocycles. The van der Waals surface area contributed by atoms with E-state index in [0.717, 1.165) is 33.7 Å². The molecule has 0 spiro atoms. The third-order valence-corrected chi connectivity index (χ3v) is 7.17. The van der Waals surface area contributed by atoms with Crippen LogP contribution in [-0.4, -0.2) is 10.6 Å². The Morgan fingerprint density at radius 3 is 1.88 bits per heavy atom. The summed E-state index contributed by atoms with van der Waals surface area (Å²) in [6, 6.07) is 42.6. The van der Waals surface area contributed by atoms with Crippen LogP contribution in [-0.2, 0) is 13.2 Å². The van der Waals surface area contributed by atoms with E-state index >= 15 is 0 Å². The zero-order valence-corrected chi connectivity index (χ0v) is 22.9. The van der Waals surface area contributed by atoms with E-state index in [9.17, 15) is 10.1 Å². The van der Waals surface area contributed by atoms with Crippen molar-refractivity contribution in [1.82, 2.24) is 0 Å². The minimum atomic E-state index is -0.391. The number of para-hydroxylation sites is 1. The summed E-state index contributed by atoms with van der Waals surface area (Å²) in [6.45, 7) is 0.832. The van der Waals surface area contributed by atoms with Gasteiger partial charge in [0.1, 0.15) is 13.2 Å². The molecule has 1 heterocycles. The molecule has 0 amide bonds. The van der Waals surface area contributed by atoms with Gasteiger partial charge in [-0.1, -0.05) is 84.9 Å². The predicted octanol–water partition coefficient (Wildman–Crippen LogP) is 8.11. The molecular weight excluding hydrogens is 526 g/mol. The number of nitro benzene ring substituents is 1. The van der Waals surface area contributed by atoms with Crippen molar-refractivity contribution in [2.45, 2.75) is 25.7 Å². The molecule has 5 aromatic rings. The topological polar surface area (TPSA) is 77.2 Å². The number of nitro groups is 1. The quantitative estimate of drug-likeness (QED) is 0.129. The van der Waals surface area contributed by atoms with Crippen LogP contribution in [0.15, 0.2) is 139 Å². The number of ether oxygens (including phenoxy) is 2. The molecule has 5 aromatic carbocycles. The SMILES string of the molecule is O=[N+]([O-])c1ccc(C2=NN(c3ccccc3)C(c3ccc(OCc4ccccc4)c(OCc4ccccc4)c3)C2)cc1. The molecule has 0 saturated heterocycles. The van der Waals surface area contributed by atoms with Crippen molar-refractivity contribution in [1.29, 1.82) is 0 Å². The average Bonchev–Trinajstić information content (AvgIpc) is 3.50. The molecule has 0 fully saturated rings. The van der Waals surface area contributed by atoms with Gasteiger partial charge >= 0.3 is 0 Å². The lowest BCUT2D eigenvalue weighted by Crippen LogP contribution is -2.18. The van der Waals surface area contributed by atoms with Gasteiger partial charge in [0.25, 0.3) is 5.69 Å². The molecule has 0 saturated carbocycles. The first-order valence-corrected chi connectivity index (χ1v) is 13.8. The number of non-ortho nitro benzene ring substituents is 1. The highest BCUT2D eigenvalue weighted by Gasteiger charge is 2.31. The third kappa shape index (κ3) is 6.15. The highest BCUT2D eigenvalue weighted by atomic mass is 16.6. The molecule has 1 atom stereocenters. The largest absolute Gasteiger partial charge is 0.485 e. The summed E-state index contributed by atoms with van der Waals surface area (Å²) in [5, 5.41) is 18.2. The van der Waals surface area contributed by atoms with Crippen molar-refractivity contribution in [3.63, 3.8) is 0 Å². The van der Waals surface area contributed by atoms with Crippen LogP contribution < -0.4 is 14.5 Å². The minimum Gasteiger partial charge on any atom is -0.485 e. The smallest absolute Gasteiger partial charge is 0.269 e. The zero-order chi connectivity index (χ0) is 28.7. The van der Waals surface area contributed by atoms with E-state index in [1.807, 2.05) is 108 Å². The maximum Gasteiger partial charge on any atom is 0.269 e. The second-order valence-electron chi connectivity index (χ2n) is 10.0. The van der Waals surface area contributed by atoms with Gasteiger partial charge in [0.2, 0.25) is 0 Å². The van der Waals surface area contributed by atoms with Crippen LogP contribution in [0.2, 0.25) is 0 Å². The van der Waals surface area contributed by atoms with Gasteiger partial charge in [-0.15, -0.1) is 0 Å². The number of benzene rings is 5. The number of nitrogens with zero attached hydrogens (tertiary/aromatic N) is 3. The number of hydrogen-bond acceptors (Lipinski definition) is 6. The van der Waals surface area contributed by atoms with Crippen molar-refractivity contribution >= 4 is 17.1 Å². The molecule has 7 nitrogen and oxygen atoms in total. The van der Waals surface area contributed by atoms with Crippen LogP contribution >= 0.6 is 0 Å². The molecule has 7 heteroatoms. The van der Waals surface area contributed by atoms with Crippen LogP contribution in [0, 0.1) is 10.1 Å². The fourth-order valence-electron chi connectivity index (χ4n) is 4.97. The molecule has 0 bridgehead atoms. The van der Waals surface area contributed by atoms with Crippen LogP contribution in [0.1, 0.15) is 34.7 Å². The molecule has 0 radical (unpaired) electrons. The van der Waals surface area contributed by atoms with Crippen molar-refractivity contribution in [3.8, 4) is 11.5 Å². The van der Waals surface area contributed by atoms with E-state index in [4.69, 9.17) is 14.6 Å². The molecule has 0 N–H and O–H groups in total. The molecule has 6 rings (SSSR count). The lowest BCUT2D eigenvalue weighted by molar-refractivity contribution is -0.384. The van der Waals surface area contributed by atoms with Crippen LogP contribution in [0.3, 0.4) is 0 Å². The second-order valence-corrected chi connectivity index (χ2v) is 10.0. The summed E-state index contributed by atoms with van der Waals surface area (Å²) in [5.74, 6) is 1.32. The van der Waals surface area contributed by atoms with Crippen molar-refractivity contribution in [2.24, 2.45) is 5.10 Å². The molecule has 1 aliphatic rings. The molecule has 0 aromatic heterocycles. The molecular formula is C35H29N3O4. The van der Waals surface area contributed by atoms with Gasteiger partial charge in [-0.05, 0) is 58.7 Å². The molecule has 208 valence electrons. The Kier molecular flexibility index (Phi) is 7.90. The summed E-state index contributed by atoms with van der Waals surface area (Å²) < 4.78 is 12.6. The first-order chi connectivity index (χ1) is 20.6. The highest BCUT2D eigenvalue weighted by molar-refractivity contribution is 6.03. The first-order valence-electron chi connectivity index (χ1n) is 13.8. The normalized spacial score (nSPS) is 14.3. The third-order valence-electron chi connectivity index (χ3n) is 7.17. The summed E-state index contributed by atoms with van der Waals surface area (Å²) in [5.41, 5.74) is 5.88. The van der Waals surface area contributed by atoms with E-state index in [1.165, 1.54) is 12.1 Å². The fourth-order valence-corrected chi connectivity index (χ4v) is 4.97. The number of hydrogen-bond donors (Lipinski definition) is 0. The fraction of sp³-hybridized carbons (Fsp3) is 0.114. The van der Waals surface area contributed by atoms with Crippen LogP contribution in [0.25, 0.3) is 0 Å². The Hall–Kier alpha value is -5.43. The first kappa shape index (κ1) is 26.8. The molecule has 42 heavy (non-hydrogen) atoms. The van der Waals surface area contributed by atoms with Gasteiger partial charge in [-0.25, -0.2) is 0 Å². The van der Waals surface area contributed by atoms with Crippen molar-refractivity contribution in [3.05, 3.63) is 166 Å². The number of anilines is 1. The summed E-state index contributed by atoms with van der Waals surface area (Å²) in [7, 11) is 0. The summed E-state index contributed by atoms with van der Waals surface area (Å²) in [4.78, 5) is 10.8. The Morgan fingerprint density at radius 1 is 0.714 bits per heavy atom.